The van der Waals surface area contributed by atoms with Gasteiger partial charge < -0.3 is 5.32 Å². The molecule has 2 N–H and O–H groups in total. The largest absolute Gasteiger partial charge is 0.324 e. The number of aliphatic imine (C=N–C) groups is 1. The Labute approximate surface area is 114 Å². The third kappa shape index (κ3) is 3.07. The van der Waals surface area contributed by atoms with Gasteiger partial charge >= 0.3 is 0 Å². The van der Waals surface area contributed by atoms with Gasteiger partial charge in [-0.3, -0.25) is 0 Å². The lowest BCUT2D eigenvalue weighted by Crippen LogP contribution is -2.42. The van der Waals surface area contributed by atoms with E-state index in [0.717, 1.165) is 12.0 Å². The molecule has 0 fully saturated rings. The van der Waals surface area contributed by atoms with Crippen LogP contribution in [0, 0.1) is 0 Å². The maximum Gasteiger partial charge on any atom is 0.266 e. The summed E-state index contributed by atoms with van der Waals surface area (Å²) < 4.78 is 26.9. The summed E-state index contributed by atoms with van der Waals surface area (Å²) in [6.45, 7) is 7.72. The van der Waals surface area contributed by atoms with Crippen LogP contribution in [0.1, 0.15) is 33.3 Å². The zero-order chi connectivity index (χ0) is 14.3. The third-order valence-electron chi connectivity index (χ3n) is 2.68. The molecule has 1 aromatic carbocycles. The van der Waals surface area contributed by atoms with Crippen molar-refractivity contribution >= 4 is 21.7 Å². The van der Waals surface area contributed by atoms with Crippen molar-refractivity contribution in [3.05, 3.63) is 23.8 Å². The second-order valence-electron chi connectivity index (χ2n) is 5.55. The van der Waals surface area contributed by atoms with Gasteiger partial charge in [-0.25, -0.2) is 18.1 Å². The van der Waals surface area contributed by atoms with Crippen LogP contribution in [-0.2, 0) is 16.4 Å². The molecule has 0 radical (unpaired) electrons. The predicted octanol–water partition coefficient (Wildman–Crippen LogP) is 2.11. The van der Waals surface area contributed by atoms with Crippen LogP contribution in [0.3, 0.4) is 0 Å². The van der Waals surface area contributed by atoms with Crippen LogP contribution in [0.4, 0.5) is 5.69 Å². The number of guanidine groups is 1. The second-order valence-corrected chi connectivity index (χ2v) is 7.20. The summed E-state index contributed by atoms with van der Waals surface area (Å²) >= 11 is 0. The molecule has 0 saturated carbocycles. The van der Waals surface area contributed by atoms with Crippen molar-refractivity contribution in [3.63, 3.8) is 0 Å². The average Bonchev–Trinajstić information content (AvgIpc) is 2.25. The Morgan fingerprint density at radius 1 is 1.26 bits per heavy atom. The van der Waals surface area contributed by atoms with Gasteiger partial charge in [0, 0.05) is 0 Å². The van der Waals surface area contributed by atoms with Gasteiger partial charge in [0.1, 0.15) is 4.90 Å². The zero-order valence-electron chi connectivity index (χ0n) is 11.6. The predicted molar refractivity (Wildman–Crippen MR) is 77.0 cm³/mol. The van der Waals surface area contributed by atoms with Crippen molar-refractivity contribution < 1.29 is 8.42 Å². The average molecular weight is 281 g/mol. The summed E-state index contributed by atoms with van der Waals surface area (Å²) in [6.07, 6.45) is 0.797. The van der Waals surface area contributed by atoms with Gasteiger partial charge in [-0.15, -0.1) is 0 Å². The molecule has 0 bridgehead atoms. The van der Waals surface area contributed by atoms with Gasteiger partial charge in [-0.2, -0.15) is 0 Å². The highest BCUT2D eigenvalue weighted by Gasteiger charge is 2.27. The maximum absolute atomic E-state index is 12.2. The molecule has 2 rings (SSSR count). The minimum Gasteiger partial charge on any atom is -0.324 e. The minimum absolute atomic E-state index is 0.268. The van der Waals surface area contributed by atoms with Gasteiger partial charge in [0.15, 0.2) is 0 Å². The van der Waals surface area contributed by atoms with E-state index in [1.807, 2.05) is 33.8 Å². The summed E-state index contributed by atoms with van der Waals surface area (Å²) in [6, 6.07) is 5.39. The fraction of sp³-hybridized carbons (Fsp3) is 0.462. The molecule has 1 aliphatic heterocycles. The van der Waals surface area contributed by atoms with Crippen LogP contribution in [0.25, 0.3) is 0 Å². The second kappa shape index (κ2) is 4.52. The van der Waals surface area contributed by atoms with Crippen molar-refractivity contribution in [2.75, 3.05) is 5.32 Å². The number of rotatable bonds is 1. The van der Waals surface area contributed by atoms with Gasteiger partial charge in [0.25, 0.3) is 10.0 Å². The molecule has 0 aromatic heterocycles. The van der Waals surface area contributed by atoms with Crippen molar-refractivity contribution in [1.82, 2.24) is 4.72 Å². The van der Waals surface area contributed by atoms with Crippen LogP contribution < -0.4 is 10.0 Å². The van der Waals surface area contributed by atoms with E-state index in [1.165, 1.54) is 0 Å². The number of nitrogens with one attached hydrogen (secondary N) is 2. The molecule has 0 saturated heterocycles. The number of fused-ring (bicyclic) bond motifs is 1. The molecule has 19 heavy (non-hydrogen) atoms. The Bertz CT molecular complexity index is 628. The lowest BCUT2D eigenvalue weighted by molar-refractivity contribution is 0.576. The van der Waals surface area contributed by atoms with Crippen molar-refractivity contribution in [3.8, 4) is 0 Å². The number of aryl methyl sites for hydroxylation is 1. The van der Waals surface area contributed by atoms with Gasteiger partial charge in [-0.05, 0) is 44.9 Å². The molecule has 0 aliphatic carbocycles. The first-order chi connectivity index (χ1) is 8.71. The summed E-state index contributed by atoms with van der Waals surface area (Å²) in [7, 11) is -3.54. The molecule has 6 heteroatoms. The molecule has 1 aliphatic rings. The highest BCUT2D eigenvalue weighted by atomic mass is 32.2. The summed E-state index contributed by atoms with van der Waals surface area (Å²) in [4.78, 5) is 4.60. The summed E-state index contributed by atoms with van der Waals surface area (Å²) in [5.74, 6) is 0.268. The highest BCUT2D eigenvalue weighted by Crippen LogP contribution is 2.26. The maximum atomic E-state index is 12.2. The third-order valence-corrected chi connectivity index (χ3v) is 4.05. The first-order valence-electron chi connectivity index (χ1n) is 6.24. The number of benzene rings is 1. The van der Waals surface area contributed by atoms with E-state index in [4.69, 9.17) is 0 Å². The first-order valence-corrected chi connectivity index (χ1v) is 7.72. The molecule has 1 aromatic rings. The fourth-order valence-corrected chi connectivity index (χ4v) is 3.01. The topological polar surface area (TPSA) is 70.6 Å². The monoisotopic (exact) mass is 281 g/mol. The molecular formula is C13H19N3O2S. The van der Waals surface area contributed by atoms with Crippen LogP contribution in [0.15, 0.2) is 28.1 Å². The van der Waals surface area contributed by atoms with Gasteiger partial charge in [0.2, 0.25) is 5.96 Å². The Balaban J connectivity index is 2.50. The molecule has 0 unspecified atom stereocenters. The SMILES string of the molecule is CCc1ccc2c(c1)S(=O)(=O)NC(=NC(C)(C)C)N2. The normalized spacial score (nSPS) is 19.5. The van der Waals surface area contributed by atoms with Crippen molar-refractivity contribution in [2.24, 2.45) is 4.99 Å². The molecule has 0 atom stereocenters. The molecular weight excluding hydrogens is 262 g/mol. The first kappa shape index (κ1) is 13.9. The smallest absolute Gasteiger partial charge is 0.266 e. The van der Waals surface area contributed by atoms with Crippen LogP contribution in [0.5, 0.6) is 0 Å². The van der Waals surface area contributed by atoms with Crippen LogP contribution in [0.2, 0.25) is 0 Å². The lowest BCUT2D eigenvalue weighted by Gasteiger charge is -2.24. The minimum atomic E-state index is -3.54. The Hall–Kier alpha value is -1.56. The summed E-state index contributed by atoms with van der Waals surface area (Å²) in [5, 5.41) is 3.02. The number of hydrogen-bond donors (Lipinski definition) is 2. The fourth-order valence-electron chi connectivity index (χ4n) is 1.83. The van der Waals surface area contributed by atoms with E-state index in [2.05, 4.69) is 15.0 Å². The standard InChI is InChI=1S/C13H19N3O2S/c1-5-9-6-7-10-11(8-9)19(17,18)16-12(14-10)15-13(2,3)4/h6-8H,5H2,1-4H3,(H2,14,15,16). The van der Waals surface area contributed by atoms with E-state index in [1.54, 1.807) is 12.1 Å². The van der Waals surface area contributed by atoms with E-state index in [0.29, 0.717) is 5.69 Å². The Morgan fingerprint density at radius 3 is 2.53 bits per heavy atom. The van der Waals surface area contributed by atoms with Gasteiger partial charge in [0.05, 0.1) is 11.2 Å². The number of anilines is 1. The highest BCUT2D eigenvalue weighted by molar-refractivity contribution is 7.90. The van der Waals surface area contributed by atoms with Crippen molar-refractivity contribution in [2.45, 2.75) is 44.6 Å². The van der Waals surface area contributed by atoms with E-state index >= 15 is 0 Å². The van der Waals surface area contributed by atoms with Crippen LogP contribution >= 0.6 is 0 Å². The zero-order valence-corrected chi connectivity index (χ0v) is 12.4. The quantitative estimate of drug-likeness (QED) is 0.828. The lowest BCUT2D eigenvalue weighted by atomic mass is 10.1. The Kier molecular flexibility index (Phi) is 3.30. The number of sulfonamides is 1. The van der Waals surface area contributed by atoms with E-state index in [-0.39, 0.29) is 16.4 Å². The molecule has 104 valence electrons. The molecule has 1 heterocycles. The van der Waals surface area contributed by atoms with E-state index in [9.17, 15) is 8.42 Å². The molecule has 0 amide bonds. The van der Waals surface area contributed by atoms with Crippen molar-refractivity contribution in [1.29, 1.82) is 0 Å². The number of hydrogen-bond acceptors (Lipinski definition) is 3. The number of nitrogens with zero attached hydrogens (tertiary/aromatic N) is 1. The molecule has 5 nitrogen and oxygen atoms in total. The van der Waals surface area contributed by atoms with Crippen LogP contribution in [-0.4, -0.2) is 19.9 Å². The van der Waals surface area contributed by atoms with Gasteiger partial charge in [-0.1, -0.05) is 13.0 Å². The molecule has 0 spiro atoms. The van der Waals surface area contributed by atoms with E-state index < -0.39 is 10.0 Å². The Morgan fingerprint density at radius 2 is 1.95 bits per heavy atom. The summed E-state index contributed by atoms with van der Waals surface area (Å²) in [5.41, 5.74) is 1.20.